The van der Waals surface area contributed by atoms with E-state index in [1.54, 1.807) is 6.92 Å². The minimum Gasteiger partial charge on any atom is -0.459 e. The van der Waals surface area contributed by atoms with Crippen LogP contribution < -0.4 is 0 Å². The summed E-state index contributed by atoms with van der Waals surface area (Å²) in [7, 11) is 0. The third-order valence-corrected chi connectivity index (χ3v) is 2.35. The van der Waals surface area contributed by atoms with Gasteiger partial charge in [0, 0.05) is 5.57 Å². The van der Waals surface area contributed by atoms with Crippen molar-refractivity contribution in [2.45, 2.75) is 51.9 Å². The standard InChI is InChI=1S/C11H18O3/c1-7(2)11(12)13-8(3)5-6-10-9(4)14-10/h8-10H,1,5-6H2,2-4H3. The van der Waals surface area contributed by atoms with Gasteiger partial charge in [-0.1, -0.05) is 6.58 Å². The Morgan fingerprint density at radius 1 is 1.64 bits per heavy atom. The molecule has 3 unspecified atom stereocenters. The highest BCUT2D eigenvalue weighted by molar-refractivity contribution is 5.87. The van der Waals surface area contributed by atoms with Crippen molar-refractivity contribution in [3.63, 3.8) is 0 Å². The van der Waals surface area contributed by atoms with Crippen LogP contribution in [-0.4, -0.2) is 24.3 Å². The molecule has 1 saturated heterocycles. The van der Waals surface area contributed by atoms with Gasteiger partial charge in [0.1, 0.15) is 0 Å². The summed E-state index contributed by atoms with van der Waals surface area (Å²) < 4.78 is 10.4. The molecule has 3 heteroatoms. The summed E-state index contributed by atoms with van der Waals surface area (Å²) in [5, 5.41) is 0. The molecule has 0 aromatic heterocycles. The highest BCUT2D eigenvalue weighted by Gasteiger charge is 2.33. The third-order valence-electron chi connectivity index (χ3n) is 2.35. The van der Waals surface area contributed by atoms with Crippen molar-refractivity contribution in [2.24, 2.45) is 0 Å². The number of esters is 1. The summed E-state index contributed by atoms with van der Waals surface area (Å²) in [6, 6.07) is 0. The molecule has 14 heavy (non-hydrogen) atoms. The lowest BCUT2D eigenvalue weighted by Gasteiger charge is -2.12. The van der Waals surface area contributed by atoms with Crippen molar-refractivity contribution >= 4 is 5.97 Å². The molecule has 1 heterocycles. The van der Waals surface area contributed by atoms with Gasteiger partial charge in [-0.15, -0.1) is 0 Å². The molecule has 0 aromatic rings. The topological polar surface area (TPSA) is 38.8 Å². The van der Waals surface area contributed by atoms with E-state index in [9.17, 15) is 4.79 Å². The molecule has 0 aromatic carbocycles. The Labute approximate surface area is 85.1 Å². The van der Waals surface area contributed by atoms with Gasteiger partial charge in [-0.05, 0) is 33.6 Å². The largest absolute Gasteiger partial charge is 0.459 e. The second-order valence-electron chi connectivity index (χ2n) is 3.95. The average Bonchev–Trinajstić information content (AvgIpc) is 2.78. The van der Waals surface area contributed by atoms with Crippen LogP contribution in [0.1, 0.15) is 33.6 Å². The van der Waals surface area contributed by atoms with Gasteiger partial charge < -0.3 is 9.47 Å². The average molecular weight is 198 g/mol. The van der Waals surface area contributed by atoms with Crippen LogP contribution >= 0.6 is 0 Å². The molecule has 1 rings (SSSR count). The number of hydrogen-bond acceptors (Lipinski definition) is 3. The third kappa shape index (κ3) is 3.50. The zero-order chi connectivity index (χ0) is 10.7. The molecule has 0 saturated carbocycles. The maximum atomic E-state index is 11.1. The van der Waals surface area contributed by atoms with Crippen LogP contribution in [0, 0.1) is 0 Å². The normalized spacial score (nSPS) is 26.8. The van der Waals surface area contributed by atoms with Crippen molar-refractivity contribution in [3.05, 3.63) is 12.2 Å². The number of ether oxygens (including phenoxy) is 2. The number of carbonyl (C=O) groups is 1. The Hall–Kier alpha value is -0.830. The van der Waals surface area contributed by atoms with Gasteiger partial charge in [-0.2, -0.15) is 0 Å². The molecule has 0 bridgehead atoms. The molecule has 0 amide bonds. The van der Waals surface area contributed by atoms with Gasteiger partial charge in [0.15, 0.2) is 0 Å². The van der Waals surface area contributed by atoms with Gasteiger partial charge in [-0.25, -0.2) is 4.79 Å². The van der Waals surface area contributed by atoms with E-state index in [-0.39, 0.29) is 12.1 Å². The number of epoxide rings is 1. The Kier molecular flexibility index (Phi) is 3.69. The molecule has 1 aliphatic rings. The number of rotatable bonds is 5. The van der Waals surface area contributed by atoms with E-state index in [0.29, 0.717) is 17.8 Å². The van der Waals surface area contributed by atoms with Crippen LogP contribution in [0.5, 0.6) is 0 Å². The van der Waals surface area contributed by atoms with Crippen molar-refractivity contribution in [3.8, 4) is 0 Å². The van der Waals surface area contributed by atoms with Crippen LogP contribution in [-0.2, 0) is 14.3 Å². The summed E-state index contributed by atoms with van der Waals surface area (Å²) in [6.45, 7) is 9.13. The molecule has 3 atom stereocenters. The van der Waals surface area contributed by atoms with Gasteiger partial charge in [0.2, 0.25) is 0 Å². The SMILES string of the molecule is C=C(C)C(=O)OC(C)CCC1OC1C. The van der Waals surface area contributed by atoms with E-state index in [4.69, 9.17) is 9.47 Å². The quantitative estimate of drug-likeness (QED) is 0.385. The first-order chi connectivity index (χ1) is 6.50. The Bertz CT molecular complexity index is 235. The highest BCUT2D eigenvalue weighted by Crippen LogP contribution is 2.26. The second kappa shape index (κ2) is 4.60. The highest BCUT2D eigenvalue weighted by atomic mass is 16.6. The fourth-order valence-corrected chi connectivity index (χ4v) is 1.27. The van der Waals surface area contributed by atoms with Crippen LogP contribution in [0.25, 0.3) is 0 Å². The van der Waals surface area contributed by atoms with Crippen LogP contribution in [0.3, 0.4) is 0 Å². The van der Waals surface area contributed by atoms with E-state index < -0.39 is 0 Å². The number of carbonyl (C=O) groups excluding carboxylic acids is 1. The second-order valence-corrected chi connectivity index (χ2v) is 3.95. The predicted molar refractivity (Wildman–Crippen MR) is 53.9 cm³/mol. The summed E-state index contributed by atoms with van der Waals surface area (Å²) in [6.07, 6.45) is 2.54. The molecule has 80 valence electrons. The van der Waals surface area contributed by atoms with E-state index >= 15 is 0 Å². The Balaban J connectivity index is 2.12. The van der Waals surface area contributed by atoms with E-state index in [0.717, 1.165) is 12.8 Å². The lowest BCUT2D eigenvalue weighted by atomic mass is 10.1. The predicted octanol–water partition coefficient (Wildman–Crippen LogP) is 2.06. The lowest BCUT2D eigenvalue weighted by molar-refractivity contribution is -0.143. The zero-order valence-corrected chi connectivity index (χ0v) is 9.08. The van der Waals surface area contributed by atoms with Crippen molar-refractivity contribution in [1.82, 2.24) is 0 Å². The lowest BCUT2D eigenvalue weighted by Crippen LogP contribution is -2.15. The molecule has 0 radical (unpaired) electrons. The van der Waals surface area contributed by atoms with Gasteiger partial charge in [0.05, 0.1) is 18.3 Å². The first-order valence-corrected chi connectivity index (χ1v) is 5.02. The maximum absolute atomic E-state index is 11.1. The molecule has 1 aliphatic heterocycles. The maximum Gasteiger partial charge on any atom is 0.333 e. The molecular weight excluding hydrogens is 180 g/mol. The molecule has 1 fully saturated rings. The van der Waals surface area contributed by atoms with E-state index in [1.165, 1.54) is 0 Å². The van der Waals surface area contributed by atoms with Crippen LogP contribution in [0.15, 0.2) is 12.2 Å². The van der Waals surface area contributed by atoms with Crippen molar-refractivity contribution in [1.29, 1.82) is 0 Å². The minimum atomic E-state index is -0.303. The smallest absolute Gasteiger partial charge is 0.333 e. The van der Waals surface area contributed by atoms with Crippen molar-refractivity contribution < 1.29 is 14.3 Å². The molecule has 0 N–H and O–H groups in total. The number of hydrogen-bond donors (Lipinski definition) is 0. The minimum absolute atomic E-state index is 0.0457. The van der Waals surface area contributed by atoms with Crippen molar-refractivity contribution in [2.75, 3.05) is 0 Å². The molecular formula is C11H18O3. The molecule has 3 nitrogen and oxygen atoms in total. The summed E-state index contributed by atoms with van der Waals surface area (Å²) in [5.74, 6) is -0.303. The Morgan fingerprint density at radius 3 is 2.64 bits per heavy atom. The van der Waals surface area contributed by atoms with E-state index in [1.807, 2.05) is 6.92 Å². The Morgan fingerprint density at radius 2 is 2.21 bits per heavy atom. The monoisotopic (exact) mass is 198 g/mol. The van der Waals surface area contributed by atoms with Gasteiger partial charge in [-0.3, -0.25) is 0 Å². The van der Waals surface area contributed by atoms with E-state index in [2.05, 4.69) is 13.5 Å². The zero-order valence-electron chi connectivity index (χ0n) is 9.08. The van der Waals surface area contributed by atoms with Crippen LogP contribution in [0.4, 0.5) is 0 Å². The molecule has 0 spiro atoms. The van der Waals surface area contributed by atoms with Gasteiger partial charge >= 0.3 is 5.97 Å². The fraction of sp³-hybridized carbons (Fsp3) is 0.727. The first kappa shape index (κ1) is 11.2. The summed E-state index contributed by atoms with van der Waals surface area (Å²) in [5.41, 5.74) is 0.452. The summed E-state index contributed by atoms with van der Waals surface area (Å²) in [4.78, 5) is 11.1. The van der Waals surface area contributed by atoms with Gasteiger partial charge in [0.25, 0.3) is 0 Å². The first-order valence-electron chi connectivity index (χ1n) is 5.02. The fourth-order valence-electron chi connectivity index (χ4n) is 1.27. The summed E-state index contributed by atoms with van der Waals surface area (Å²) >= 11 is 0. The van der Waals surface area contributed by atoms with Crippen LogP contribution in [0.2, 0.25) is 0 Å². The molecule has 0 aliphatic carbocycles.